The van der Waals surface area contributed by atoms with Gasteiger partial charge in [0.25, 0.3) is 0 Å². The highest BCUT2D eigenvalue weighted by Gasteiger charge is 2.33. The van der Waals surface area contributed by atoms with E-state index >= 15 is 0 Å². The lowest BCUT2D eigenvalue weighted by Crippen LogP contribution is -2.46. The van der Waals surface area contributed by atoms with E-state index in [1.165, 1.54) is 0 Å². The minimum Gasteiger partial charge on any atom is -0.480 e. The normalized spacial score (nSPS) is 13.8. The lowest BCUT2D eigenvalue weighted by molar-refractivity contribution is -0.142. The zero-order valence-corrected chi connectivity index (χ0v) is 10.3. The Morgan fingerprint density at radius 2 is 1.94 bits per heavy atom. The summed E-state index contributed by atoms with van der Waals surface area (Å²) in [6, 6.07) is 7.73. The molecular formula is C13H18N2O3. The van der Waals surface area contributed by atoms with Crippen molar-refractivity contribution in [2.24, 2.45) is 5.73 Å². The molecule has 1 aromatic carbocycles. The molecule has 5 heteroatoms. The third kappa shape index (κ3) is 3.56. The Labute approximate surface area is 106 Å². The van der Waals surface area contributed by atoms with Crippen molar-refractivity contribution in [3.05, 3.63) is 35.9 Å². The summed E-state index contributed by atoms with van der Waals surface area (Å²) in [5.74, 6) is -2.58. The first-order valence-electron chi connectivity index (χ1n) is 5.88. The van der Waals surface area contributed by atoms with Gasteiger partial charge in [0.2, 0.25) is 5.91 Å². The van der Waals surface area contributed by atoms with Gasteiger partial charge in [-0.3, -0.25) is 9.59 Å². The van der Waals surface area contributed by atoms with Gasteiger partial charge in [0.15, 0.2) is 0 Å². The topological polar surface area (TPSA) is 92.4 Å². The molecule has 0 heterocycles. The van der Waals surface area contributed by atoms with E-state index in [2.05, 4.69) is 5.32 Å². The van der Waals surface area contributed by atoms with E-state index in [-0.39, 0.29) is 0 Å². The minimum absolute atomic E-state index is 0.521. The third-order valence-corrected chi connectivity index (χ3v) is 2.68. The van der Waals surface area contributed by atoms with Gasteiger partial charge in [-0.15, -0.1) is 0 Å². The summed E-state index contributed by atoms with van der Waals surface area (Å²) in [5.41, 5.74) is 5.95. The number of carboxylic acids is 1. The Morgan fingerprint density at radius 3 is 2.39 bits per heavy atom. The fourth-order valence-corrected chi connectivity index (χ4v) is 1.83. The van der Waals surface area contributed by atoms with Crippen LogP contribution in [0, 0.1) is 0 Å². The van der Waals surface area contributed by atoms with E-state index in [0.29, 0.717) is 12.1 Å². The molecule has 0 aromatic heterocycles. The lowest BCUT2D eigenvalue weighted by Gasteiger charge is -2.22. The number of hydrogen-bond donors (Lipinski definition) is 3. The number of carboxylic acid groups (broad SMARTS) is 1. The minimum atomic E-state index is -1.07. The van der Waals surface area contributed by atoms with Crippen molar-refractivity contribution < 1.29 is 14.7 Å². The Kier molecular flexibility index (Phi) is 5.32. The molecule has 18 heavy (non-hydrogen) atoms. The molecule has 0 spiro atoms. The molecule has 2 atom stereocenters. The quantitative estimate of drug-likeness (QED) is 0.664. The van der Waals surface area contributed by atoms with Crippen LogP contribution in [0.15, 0.2) is 30.3 Å². The van der Waals surface area contributed by atoms with Crippen LogP contribution >= 0.6 is 0 Å². The average molecular weight is 250 g/mol. The highest BCUT2D eigenvalue weighted by Crippen LogP contribution is 2.19. The Morgan fingerprint density at radius 1 is 1.33 bits per heavy atom. The summed E-state index contributed by atoms with van der Waals surface area (Å²) in [6.45, 7) is 2.45. The van der Waals surface area contributed by atoms with Gasteiger partial charge in [-0.1, -0.05) is 37.3 Å². The number of primary amides is 1. The molecule has 0 saturated carbocycles. The number of aliphatic carboxylic acids is 1. The van der Waals surface area contributed by atoms with E-state index in [1.54, 1.807) is 30.3 Å². The predicted molar refractivity (Wildman–Crippen MR) is 68.1 cm³/mol. The maximum atomic E-state index is 11.5. The van der Waals surface area contributed by atoms with E-state index in [0.717, 1.165) is 6.42 Å². The van der Waals surface area contributed by atoms with E-state index in [1.807, 2.05) is 6.92 Å². The molecule has 0 bridgehead atoms. The van der Waals surface area contributed by atoms with Gasteiger partial charge in [-0.05, 0) is 18.5 Å². The van der Waals surface area contributed by atoms with E-state index in [4.69, 9.17) is 5.73 Å². The van der Waals surface area contributed by atoms with Crippen LogP contribution in [0.1, 0.15) is 24.8 Å². The van der Waals surface area contributed by atoms with Gasteiger partial charge in [0, 0.05) is 0 Å². The Bertz CT molecular complexity index is 406. The maximum Gasteiger partial charge on any atom is 0.321 e. The lowest BCUT2D eigenvalue weighted by atomic mass is 9.90. The van der Waals surface area contributed by atoms with Crippen molar-refractivity contribution in [1.82, 2.24) is 5.32 Å². The second kappa shape index (κ2) is 6.76. The smallest absolute Gasteiger partial charge is 0.321 e. The molecule has 0 saturated heterocycles. The van der Waals surface area contributed by atoms with Crippen LogP contribution in [0.25, 0.3) is 0 Å². The van der Waals surface area contributed by atoms with Gasteiger partial charge in [0.05, 0.1) is 5.92 Å². The Balaban J connectivity index is 3.01. The molecule has 4 N–H and O–H groups in total. The summed E-state index contributed by atoms with van der Waals surface area (Å²) < 4.78 is 0. The molecule has 0 aliphatic rings. The average Bonchev–Trinajstić information content (AvgIpc) is 2.34. The zero-order valence-electron chi connectivity index (χ0n) is 10.3. The second-order valence-electron chi connectivity index (χ2n) is 4.06. The molecule has 1 amide bonds. The summed E-state index contributed by atoms with van der Waals surface area (Å²) in [4.78, 5) is 22.8. The fourth-order valence-electron chi connectivity index (χ4n) is 1.83. The van der Waals surface area contributed by atoms with Crippen LogP contribution in [0.3, 0.4) is 0 Å². The number of benzene rings is 1. The van der Waals surface area contributed by atoms with Crippen LogP contribution < -0.4 is 11.1 Å². The van der Waals surface area contributed by atoms with Gasteiger partial charge < -0.3 is 16.2 Å². The van der Waals surface area contributed by atoms with E-state index < -0.39 is 23.8 Å². The largest absolute Gasteiger partial charge is 0.480 e. The molecule has 0 fully saturated rings. The fraction of sp³-hybridized carbons (Fsp3) is 0.385. The molecular weight excluding hydrogens is 232 g/mol. The van der Waals surface area contributed by atoms with E-state index in [9.17, 15) is 14.7 Å². The van der Waals surface area contributed by atoms with Crippen molar-refractivity contribution >= 4 is 11.9 Å². The highest BCUT2D eigenvalue weighted by atomic mass is 16.4. The van der Waals surface area contributed by atoms with Crippen molar-refractivity contribution in [3.8, 4) is 0 Å². The number of amides is 1. The first-order valence-corrected chi connectivity index (χ1v) is 5.88. The van der Waals surface area contributed by atoms with Crippen molar-refractivity contribution in [2.75, 3.05) is 6.54 Å². The molecule has 0 aliphatic heterocycles. The van der Waals surface area contributed by atoms with Crippen molar-refractivity contribution in [1.29, 1.82) is 0 Å². The van der Waals surface area contributed by atoms with Crippen molar-refractivity contribution in [2.45, 2.75) is 25.3 Å². The molecule has 0 aliphatic carbocycles. The van der Waals surface area contributed by atoms with Gasteiger partial charge in [-0.25, -0.2) is 0 Å². The molecule has 1 rings (SSSR count). The monoisotopic (exact) mass is 250 g/mol. The van der Waals surface area contributed by atoms with Crippen LogP contribution in [-0.4, -0.2) is 29.6 Å². The number of carbonyl (C=O) groups is 2. The summed E-state index contributed by atoms with van der Waals surface area (Å²) >= 11 is 0. The molecule has 1 aromatic rings. The number of nitrogens with two attached hydrogens (primary N) is 1. The first kappa shape index (κ1) is 14.2. The van der Waals surface area contributed by atoms with Gasteiger partial charge in [0.1, 0.15) is 6.04 Å². The van der Waals surface area contributed by atoms with Gasteiger partial charge >= 0.3 is 5.97 Å². The standard InChI is InChI=1S/C13H18N2O3/c1-2-8-15-11(13(17)18)10(12(14)16)9-6-4-3-5-7-9/h3-7,10-11,15H,2,8H2,1H3,(H2,14,16)(H,17,18). The van der Waals surface area contributed by atoms with Crippen LogP contribution in [-0.2, 0) is 9.59 Å². The summed E-state index contributed by atoms with van der Waals surface area (Å²) in [6.07, 6.45) is 0.782. The zero-order chi connectivity index (χ0) is 13.5. The van der Waals surface area contributed by atoms with Crippen molar-refractivity contribution in [3.63, 3.8) is 0 Å². The predicted octanol–water partition coefficient (Wildman–Crippen LogP) is 0.708. The molecule has 0 radical (unpaired) electrons. The molecule has 5 nitrogen and oxygen atoms in total. The van der Waals surface area contributed by atoms with Crippen LogP contribution in [0.5, 0.6) is 0 Å². The third-order valence-electron chi connectivity index (χ3n) is 2.68. The molecule has 98 valence electrons. The number of nitrogens with one attached hydrogen (secondary N) is 1. The highest BCUT2D eigenvalue weighted by molar-refractivity contribution is 5.90. The number of rotatable bonds is 7. The number of hydrogen-bond acceptors (Lipinski definition) is 3. The second-order valence-corrected chi connectivity index (χ2v) is 4.06. The number of carbonyl (C=O) groups excluding carboxylic acids is 1. The van der Waals surface area contributed by atoms with Crippen LogP contribution in [0.4, 0.5) is 0 Å². The summed E-state index contributed by atoms with van der Waals surface area (Å²) in [7, 11) is 0. The molecule has 2 unspecified atom stereocenters. The van der Waals surface area contributed by atoms with Crippen LogP contribution in [0.2, 0.25) is 0 Å². The maximum absolute atomic E-state index is 11.5. The van der Waals surface area contributed by atoms with Gasteiger partial charge in [-0.2, -0.15) is 0 Å². The first-order chi connectivity index (χ1) is 8.57. The summed E-state index contributed by atoms with van der Waals surface area (Å²) in [5, 5.41) is 12.1. The SMILES string of the molecule is CCCNC(C(=O)O)C(C(N)=O)c1ccccc1. The Hall–Kier alpha value is -1.88.